The number of likely N-dealkylation sites (tertiary alicyclic amines) is 1. The van der Waals surface area contributed by atoms with E-state index in [9.17, 15) is 9.18 Å². The molecular formula is C18H19FN4O. The van der Waals surface area contributed by atoms with E-state index in [2.05, 4.69) is 15.2 Å². The third-order valence-corrected chi connectivity index (χ3v) is 4.69. The summed E-state index contributed by atoms with van der Waals surface area (Å²) in [6.07, 6.45) is 4.77. The van der Waals surface area contributed by atoms with Gasteiger partial charge in [-0.1, -0.05) is 0 Å². The van der Waals surface area contributed by atoms with Crippen molar-refractivity contribution in [2.45, 2.75) is 19.3 Å². The van der Waals surface area contributed by atoms with Crippen molar-refractivity contribution in [1.29, 1.82) is 0 Å². The number of amides is 1. The zero-order chi connectivity index (χ0) is 16.5. The van der Waals surface area contributed by atoms with E-state index < -0.39 is 0 Å². The van der Waals surface area contributed by atoms with Crippen LogP contribution in [0.2, 0.25) is 0 Å². The molecule has 0 aliphatic carbocycles. The molecule has 2 aromatic heterocycles. The molecule has 6 heteroatoms. The van der Waals surface area contributed by atoms with Crippen molar-refractivity contribution >= 4 is 16.8 Å². The highest BCUT2D eigenvalue weighted by molar-refractivity contribution is 5.98. The Morgan fingerprint density at radius 3 is 3.08 bits per heavy atom. The van der Waals surface area contributed by atoms with E-state index in [0.717, 1.165) is 43.4 Å². The number of benzene rings is 1. The fraction of sp³-hybridized carbons (Fsp3) is 0.333. The molecule has 1 atom stereocenters. The van der Waals surface area contributed by atoms with Gasteiger partial charge in [-0.05, 0) is 55.5 Å². The summed E-state index contributed by atoms with van der Waals surface area (Å²) in [6, 6.07) is 8.30. The van der Waals surface area contributed by atoms with Gasteiger partial charge in [-0.25, -0.2) is 4.39 Å². The quantitative estimate of drug-likeness (QED) is 0.776. The fourth-order valence-corrected chi connectivity index (χ4v) is 3.51. The fourth-order valence-electron chi connectivity index (χ4n) is 3.51. The maximum atomic E-state index is 13.3. The Kier molecular flexibility index (Phi) is 3.80. The predicted octanol–water partition coefficient (Wildman–Crippen LogP) is 3.13. The van der Waals surface area contributed by atoms with Crippen molar-refractivity contribution in [3.63, 3.8) is 0 Å². The predicted molar refractivity (Wildman–Crippen MR) is 89.2 cm³/mol. The molecule has 1 aromatic carbocycles. The van der Waals surface area contributed by atoms with Gasteiger partial charge < -0.3 is 9.88 Å². The summed E-state index contributed by atoms with van der Waals surface area (Å²) in [5.74, 6) is 0.117. The highest BCUT2D eigenvalue weighted by Gasteiger charge is 2.25. The molecule has 0 spiro atoms. The molecule has 4 rings (SSSR count). The molecule has 124 valence electrons. The summed E-state index contributed by atoms with van der Waals surface area (Å²) >= 11 is 0. The maximum absolute atomic E-state index is 13.3. The Morgan fingerprint density at radius 1 is 1.33 bits per heavy atom. The smallest absolute Gasteiger partial charge is 0.270 e. The van der Waals surface area contributed by atoms with Gasteiger partial charge in [0.15, 0.2) is 0 Å². The first-order chi connectivity index (χ1) is 11.7. The first-order valence-corrected chi connectivity index (χ1v) is 8.25. The molecule has 3 heterocycles. The normalized spacial score (nSPS) is 18.2. The van der Waals surface area contributed by atoms with Gasteiger partial charge in [0.25, 0.3) is 5.91 Å². The lowest BCUT2D eigenvalue weighted by molar-refractivity contribution is 0.0668. The summed E-state index contributed by atoms with van der Waals surface area (Å²) in [5, 5.41) is 7.82. The number of H-pyrrole nitrogens is 2. The van der Waals surface area contributed by atoms with Gasteiger partial charge in [0.05, 0.1) is 0 Å². The Morgan fingerprint density at radius 2 is 2.25 bits per heavy atom. The monoisotopic (exact) mass is 326 g/mol. The molecule has 1 unspecified atom stereocenters. The number of carbonyl (C=O) groups is 1. The largest absolute Gasteiger partial charge is 0.350 e. The van der Waals surface area contributed by atoms with E-state index >= 15 is 0 Å². The van der Waals surface area contributed by atoms with Gasteiger partial charge in [0.2, 0.25) is 0 Å². The van der Waals surface area contributed by atoms with Crippen LogP contribution >= 0.6 is 0 Å². The zero-order valence-electron chi connectivity index (χ0n) is 13.3. The lowest BCUT2D eigenvalue weighted by Gasteiger charge is -2.32. The Labute approximate surface area is 138 Å². The van der Waals surface area contributed by atoms with Crippen molar-refractivity contribution in [3.8, 4) is 0 Å². The number of fused-ring (bicyclic) bond motifs is 1. The second-order valence-corrected chi connectivity index (χ2v) is 6.46. The van der Waals surface area contributed by atoms with Crippen LogP contribution in [0, 0.1) is 11.7 Å². The van der Waals surface area contributed by atoms with Gasteiger partial charge in [0, 0.05) is 35.9 Å². The van der Waals surface area contributed by atoms with E-state index in [1.165, 1.54) is 12.1 Å². The van der Waals surface area contributed by atoms with Crippen LogP contribution in [0.25, 0.3) is 10.9 Å². The summed E-state index contributed by atoms with van der Waals surface area (Å²) in [5.41, 5.74) is 2.29. The summed E-state index contributed by atoms with van der Waals surface area (Å²) in [4.78, 5) is 17.7. The lowest BCUT2D eigenvalue weighted by atomic mass is 9.93. The second kappa shape index (κ2) is 6.11. The molecule has 3 aromatic rings. The Balaban J connectivity index is 1.50. The van der Waals surface area contributed by atoms with Crippen LogP contribution in [-0.2, 0) is 6.42 Å². The average molecular weight is 326 g/mol. The number of carbonyl (C=O) groups excluding carboxylic acids is 1. The molecule has 5 nitrogen and oxygen atoms in total. The standard InChI is InChI=1S/C18H19FN4O/c19-14-4-3-13-9-17(21-16(13)10-14)18(24)23-7-1-2-12(11-23)8-15-5-6-20-22-15/h3-6,9-10,12,21H,1-2,7-8,11H2,(H,20,22). The van der Waals surface area contributed by atoms with Gasteiger partial charge in [-0.15, -0.1) is 0 Å². The molecule has 2 N–H and O–H groups in total. The van der Waals surface area contributed by atoms with Gasteiger partial charge in [-0.3, -0.25) is 9.89 Å². The zero-order valence-corrected chi connectivity index (χ0v) is 13.3. The minimum absolute atomic E-state index is 0.0130. The third kappa shape index (κ3) is 2.91. The van der Waals surface area contributed by atoms with Crippen LogP contribution in [0.1, 0.15) is 29.0 Å². The molecule has 1 aliphatic rings. The van der Waals surface area contributed by atoms with Crippen molar-refractivity contribution in [1.82, 2.24) is 20.1 Å². The minimum Gasteiger partial charge on any atom is -0.350 e. The first-order valence-electron chi connectivity index (χ1n) is 8.25. The SMILES string of the molecule is O=C(c1cc2ccc(F)cc2[nH]1)N1CCCC(Cc2ccn[nH]2)C1. The number of piperidine rings is 1. The lowest BCUT2D eigenvalue weighted by Crippen LogP contribution is -2.40. The second-order valence-electron chi connectivity index (χ2n) is 6.46. The van der Waals surface area contributed by atoms with Gasteiger partial charge >= 0.3 is 0 Å². The molecular weight excluding hydrogens is 307 g/mol. The van der Waals surface area contributed by atoms with Gasteiger partial charge in [0.1, 0.15) is 11.5 Å². The number of halogens is 1. The Hall–Kier alpha value is -2.63. The molecule has 0 saturated carbocycles. The van der Waals surface area contributed by atoms with E-state index in [0.29, 0.717) is 17.1 Å². The number of rotatable bonds is 3. The van der Waals surface area contributed by atoms with Crippen molar-refractivity contribution < 1.29 is 9.18 Å². The molecule has 1 amide bonds. The number of nitrogens with one attached hydrogen (secondary N) is 2. The summed E-state index contributed by atoms with van der Waals surface area (Å²) in [7, 11) is 0. The molecule has 0 radical (unpaired) electrons. The number of aromatic amines is 2. The summed E-state index contributed by atoms with van der Waals surface area (Å²) in [6.45, 7) is 1.50. The average Bonchev–Trinajstić information content (AvgIpc) is 3.23. The first kappa shape index (κ1) is 14.9. The number of aromatic nitrogens is 3. The van der Waals surface area contributed by atoms with Crippen LogP contribution in [0.15, 0.2) is 36.5 Å². The van der Waals surface area contributed by atoms with E-state index in [-0.39, 0.29) is 11.7 Å². The topological polar surface area (TPSA) is 64.8 Å². The molecule has 24 heavy (non-hydrogen) atoms. The minimum atomic E-state index is -0.305. The molecule has 1 saturated heterocycles. The highest BCUT2D eigenvalue weighted by atomic mass is 19.1. The van der Waals surface area contributed by atoms with E-state index in [4.69, 9.17) is 0 Å². The number of nitrogens with zero attached hydrogens (tertiary/aromatic N) is 2. The van der Waals surface area contributed by atoms with Crippen molar-refractivity contribution in [2.75, 3.05) is 13.1 Å². The van der Waals surface area contributed by atoms with Crippen LogP contribution in [0.5, 0.6) is 0 Å². The van der Waals surface area contributed by atoms with Gasteiger partial charge in [-0.2, -0.15) is 5.10 Å². The summed E-state index contributed by atoms with van der Waals surface area (Å²) < 4.78 is 13.3. The molecule has 1 fully saturated rings. The molecule has 1 aliphatic heterocycles. The van der Waals surface area contributed by atoms with Crippen molar-refractivity contribution in [2.24, 2.45) is 5.92 Å². The van der Waals surface area contributed by atoms with E-state index in [1.54, 1.807) is 18.3 Å². The van der Waals surface area contributed by atoms with Crippen LogP contribution < -0.4 is 0 Å². The van der Waals surface area contributed by atoms with Crippen molar-refractivity contribution in [3.05, 3.63) is 53.7 Å². The third-order valence-electron chi connectivity index (χ3n) is 4.69. The van der Waals surface area contributed by atoms with Crippen LogP contribution in [0.3, 0.4) is 0 Å². The maximum Gasteiger partial charge on any atom is 0.270 e. The molecule has 0 bridgehead atoms. The van der Waals surface area contributed by atoms with E-state index in [1.807, 2.05) is 11.0 Å². The van der Waals surface area contributed by atoms with Crippen LogP contribution in [0.4, 0.5) is 4.39 Å². The van der Waals surface area contributed by atoms with Crippen LogP contribution in [-0.4, -0.2) is 39.1 Å². The highest BCUT2D eigenvalue weighted by Crippen LogP contribution is 2.23. The number of hydrogen-bond acceptors (Lipinski definition) is 2. The Bertz CT molecular complexity index is 855. The number of hydrogen-bond donors (Lipinski definition) is 2.